The topological polar surface area (TPSA) is 29.9 Å². The molecule has 1 aliphatic rings. The number of aryl methyl sites for hydroxylation is 1. The Morgan fingerprint density at radius 3 is 3.06 bits per heavy atom. The zero-order valence-electron chi connectivity index (χ0n) is 9.91. The van der Waals surface area contributed by atoms with E-state index in [0.717, 1.165) is 22.4 Å². The van der Waals surface area contributed by atoms with E-state index in [9.17, 15) is 0 Å². The highest BCUT2D eigenvalue weighted by molar-refractivity contribution is 9.10. The van der Waals surface area contributed by atoms with Crippen molar-refractivity contribution in [3.63, 3.8) is 0 Å². The second kappa shape index (κ2) is 4.42. The summed E-state index contributed by atoms with van der Waals surface area (Å²) < 4.78 is 3.30. The van der Waals surface area contributed by atoms with E-state index in [1.54, 1.807) is 0 Å². The van der Waals surface area contributed by atoms with Gasteiger partial charge in [0.2, 0.25) is 0 Å². The van der Waals surface area contributed by atoms with E-state index in [1.165, 1.54) is 24.8 Å². The highest BCUT2D eigenvalue weighted by atomic mass is 79.9. The number of halogens is 1. The molecule has 0 radical (unpaired) electrons. The molecule has 0 spiro atoms. The SMILES string of the molecule is Cn1c(C2CCCCN2)nc2cc(Br)ccc21. The summed E-state index contributed by atoms with van der Waals surface area (Å²) in [6.45, 7) is 1.11. The van der Waals surface area contributed by atoms with Gasteiger partial charge in [-0.05, 0) is 37.6 Å². The van der Waals surface area contributed by atoms with Crippen LogP contribution in [-0.4, -0.2) is 16.1 Å². The summed E-state index contributed by atoms with van der Waals surface area (Å²) in [6, 6.07) is 6.70. The second-order valence-corrected chi connectivity index (χ2v) is 5.58. The van der Waals surface area contributed by atoms with Crippen molar-refractivity contribution in [1.82, 2.24) is 14.9 Å². The number of hydrogen-bond donors (Lipinski definition) is 1. The van der Waals surface area contributed by atoms with Crippen LogP contribution in [0.25, 0.3) is 11.0 Å². The fraction of sp³-hybridized carbons (Fsp3) is 0.462. The molecule has 17 heavy (non-hydrogen) atoms. The summed E-state index contributed by atoms with van der Waals surface area (Å²) in [6.07, 6.45) is 3.77. The summed E-state index contributed by atoms with van der Waals surface area (Å²) in [5.41, 5.74) is 2.28. The number of imidazole rings is 1. The van der Waals surface area contributed by atoms with Crippen LogP contribution >= 0.6 is 15.9 Å². The van der Waals surface area contributed by atoms with Crippen LogP contribution < -0.4 is 5.32 Å². The summed E-state index contributed by atoms with van der Waals surface area (Å²) in [7, 11) is 2.11. The van der Waals surface area contributed by atoms with E-state index in [-0.39, 0.29) is 0 Å². The van der Waals surface area contributed by atoms with Crippen molar-refractivity contribution < 1.29 is 0 Å². The van der Waals surface area contributed by atoms with E-state index in [1.807, 2.05) is 0 Å². The van der Waals surface area contributed by atoms with Gasteiger partial charge in [-0.1, -0.05) is 22.4 Å². The van der Waals surface area contributed by atoms with Crippen molar-refractivity contribution in [3.8, 4) is 0 Å². The highest BCUT2D eigenvalue weighted by Gasteiger charge is 2.20. The summed E-state index contributed by atoms with van der Waals surface area (Å²) >= 11 is 3.50. The van der Waals surface area contributed by atoms with Crippen LogP contribution in [0.1, 0.15) is 31.1 Å². The molecule has 0 amide bonds. The van der Waals surface area contributed by atoms with E-state index < -0.39 is 0 Å². The Labute approximate surface area is 109 Å². The van der Waals surface area contributed by atoms with E-state index >= 15 is 0 Å². The lowest BCUT2D eigenvalue weighted by Crippen LogP contribution is -2.28. The van der Waals surface area contributed by atoms with Crippen molar-refractivity contribution in [2.75, 3.05) is 6.54 Å². The molecule has 3 nitrogen and oxygen atoms in total. The first-order chi connectivity index (χ1) is 8.25. The Morgan fingerprint density at radius 2 is 2.29 bits per heavy atom. The summed E-state index contributed by atoms with van der Waals surface area (Å²) in [4.78, 5) is 4.77. The summed E-state index contributed by atoms with van der Waals surface area (Å²) in [5, 5.41) is 3.56. The average molecular weight is 294 g/mol. The maximum Gasteiger partial charge on any atom is 0.126 e. The maximum atomic E-state index is 4.77. The third-order valence-electron chi connectivity index (χ3n) is 3.50. The van der Waals surface area contributed by atoms with Gasteiger partial charge in [0, 0.05) is 11.5 Å². The fourth-order valence-corrected chi connectivity index (χ4v) is 2.92. The van der Waals surface area contributed by atoms with Gasteiger partial charge < -0.3 is 9.88 Å². The molecule has 90 valence electrons. The van der Waals surface area contributed by atoms with Gasteiger partial charge in [0.15, 0.2) is 0 Å². The molecule has 4 heteroatoms. The Kier molecular flexibility index (Phi) is 2.92. The molecule has 2 aromatic rings. The van der Waals surface area contributed by atoms with Crippen LogP contribution in [0.4, 0.5) is 0 Å². The van der Waals surface area contributed by atoms with E-state index in [2.05, 4.69) is 51.1 Å². The predicted octanol–water partition coefficient (Wildman–Crippen LogP) is 3.15. The second-order valence-electron chi connectivity index (χ2n) is 4.66. The Hall–Kier alpha value is -0.870. The number of fused-ring (bicyclic) bond motifs is 1. The Bertz CT molecular complexity index is 541. The highest BCUT2D eigenvalue weighted by Crippen LogP contribution is 2.26. The molecule has 1 saturated heterocycles. The van der Waals surface area contributed by atoms with Gasteiger partial charge in [-0.15, -0.1) is 0 Å². The number of nitrogens with zero attached hydrogens (tertiary/aromatic N) is 2. The fourth-order valence-electron chi connectivity index (χ4n) is 2.58. The molecular formula is C13H16BrN3. The Morgan fingerprint density at radius 1 is 1.41 bits per heavy atom. The minimum Gasteiger partial charge on any atom is -0.330 e. The van der Waals surface area contributed by atoms with Gasteiger partial charge in [-0.2, -0.15) is 0 Å². The smallest absolute Gasteiger partial charge is 0.126 e. The molecule has 1 aliphatic heterocycles. The molecule has 1 N–H and O–H groups in total. The lowest BCUT2D eigenvalue weighted by molar-refractivity contribution is 0.392. The first kappa shape index (κ1) is 11.2. The maximum absolute atomic E-state index is 4.77. The zero-order chi connectivity index (χ0) is 11.8. The minimum absolute atomic E-state index is 0.417. The normalized spacial score (nSPS) is 20.9. The number of aromatic nitrogens is 2. The van der Waals surface area contributed by atoms with Crippen molar-refractivity contribution in [1.29, 1.82) is 0 Å². The molecule has 1 aromatic heterocycles. The van der Waals surface area contributed by atoms with Crippen molar-refractivity contribution in [3.05, 3.63) is 28.5 Å². The molecule has 3 rings (SSSR count). The van der Waals surface area contributed by atoms with Gasteiger partial charge >= 0.3 is 0 Å². The average Bonchev–Trinajstić information content (AvgIpc) is 2.67. The van der Waals surface area contributed by atoms with E-state index in [0.29, 0.717) is 6.04 Å². The van der Waals surface area contributed by atoms with Crippen LogP contribution in [0.2, 0.25) is 0 Å². The van der Waals surface area contributed by atoms with Gasteiger partial charge in [-0.25, -0.2) is 4.98 Å². The predicted molar refractivity (Wildman–Crippen MR) is 73.0 cm³/mol. The number of piperidine rings is 1. The minimum atomic E-state index is 0.417. The van der Waals surface area contributed by atoms with Crippen LogP contribution in [0.15, 0.2) is 22.7 Å². The molecule has 1 fully saturated rings. The first-order valence-electron chi connectivity index (χ1n) is 6.11. The number of hydrogen-bond acceptors (Lipinski definition) is 2. The molecule has 1 unspecified atom stereocenters. The summed E-state index contributed by atoms with van der Waals surface area (Å²) in [5.74, 6) is 1.16. The molecule has 0 saturated carbocycles. The standard InChI is InChI=1S/C13H16BrN3/c1-17-12-6-5-9(14)8-11(12)16-13(17)10-4-2-3-7-15-10/h5-6,8,10,15H,2-4,7H2,1H3. The molecular weight excluding hydrogens is 278 g/mol. The lowest BCUT2D eigenvalue weighted by atomic mass is 10.0. The van der Waals surface area contributed by atoms with Crippen molar-refractivity contribution >= 4 is 27.0 Å². The number of nitrogens with one attached hydrogen (secondary N) is 1. The van der Waals surface area contributed by atoms with Crippen LogP contribution in [0, 0.1) is 0 Å². The molecule has 2 heterocycles. The van der Waals surface area contributed by atoms with Crippen LogP contribution in [-0.2, 0) is 7.05 Å². The third-order valence-corrected chi connectivity index (χ3v) is 3.99. The molecule has 1 aromatic carbocycles. The monoisotopic (exact) mass is 293 g/mol. The Balaban J connectivity index is 2.07. The van der Waals surface area contributed by atoms with Gasteiger partial charge in [0.25, 0.3) is 0 Å². The van der Waals surface area contributed by atoms with Crippen LogP contribution in [0.3, 0.4) is 0 Å². The third kappa shape index (κ3) is 2.00. The largest absolute Gasteiger partial charge is 0.330 e. The zero-order valence-corrected chi connectivity index (χ0v) is 11.5. The molecule has 1 atom stereocenters. The first-order valence-corrected chi connectivity index (χ1v) is 6.90. The van der Waals surface area contributed by atoms with E-state index in [4.69, 9.17) is 4.98 Å². The van der Waals surface area contributed by atoms with Crippen LogP contribution in [0.5, 0.6) is 0 Å². The van der Waals surface area contributed by atoms with Gasteiger partial charge in [0.1, 0.15) is 5.82 Å². The quantitative estimate of drug-likeness (QED) is 0.875. The van der Waals surface area contributed by atoms with Crippen molar-refractivity contribution in [2.24, 2.45) is 7.05 Å². The number of rotatable bonds is 1. The lowest BCUT2D eigenvalue weighted by Gasteiger charge is -2.22. The molecule has 0 aliphatic carbocycles. The van der Waals surface area contributed by atoms with Gasteiger partial charge in [-0.3, -0.25) is 0 Å². The number of benzene rings is 1. The van der Waals surface area contributed by atoms with Gasteiger partial charge in [0.05, 0.1) is 17.1 Å². The molecule has 0 bridgehead atoms. The van der Waals surface area contributed by atoms with Crippen molar-refractivity contribution in [2.45, 2.75) is 25.3 Å².